The first-order chi connectivity index (χ1) is 5.54. The van der Waals surface area contributed by atoms with Gasteiger partial charge in [0.05, 0.1) is 0 Å². The van der Waals surface area contributed by atoms with Gasteiger partial charge in [-0.05, 0) is 12.5 Å². The van der Waals surface area contributed by atoms with Gasteiger partial charge in [0.15, 0.2) is 0 Å². The average molecular weight is 194 g/mol. The molecule has 0 aliphatic heterocycles. The van der Waals surface area contributed by atoms with Crippen LogP contribution in [0.3, 0.4) is 0 Å². The molecule has 1 aromatic heterocycles. The van der Waals surface area contributed by atoms with Crippen molar-refractivity contribution in [2.24, 2.45) is 0 Å². The first-order valence-corrected chi connectivity index (χ1v) is 3.57. The third-order valence-corrected chi connectivity index (χ3v) is 2.01. The normalized spacial score (nSPS) is 10.8. The van der Waals surface area contributed by atoms with Crippen LogP contribution in [0.4, 0.5) is 8.78 Å². The van der Waals surface area contributed by atoms with E-state index >= 15 is 0 Å². The summed E-state index contributed by atoms with van der Waals surface area (Å²) >= 11 is 5.45. The summed E-state index contributed by atoms with van der Waals surface area (Å²) in [4.78, 5) is 12.9. The number of hydrogen-bond acceptors (Lipinski definition) is 1. The molecule has 0 saturated carbocycles. The molecule has 1 aromatic rings. The minimum Gasteiger partial charge on any atom is -0.327 e. The molecule has 1 heterocycles. The molecule has 0 unspecified atom stereocenters. The molecule has 0 radical (unpaired) electrons. The Morgan fingerprint density at radius 3 is 2.67 bits per heavy atom. The number of nitrogens with one attached hydrogen (secondary N) is 1. The van der Waals surface area contributed by atoms with Gasteiger partial charge in [-0.3, -0.25) is 4.79 Å². The topological polar surface area (TPSA) is 32.9 Å². The van der Waals surface area contributed by atoms with Crippen molar-refractivity contribution < 1.29 is 8.78 Å². The molecule has 1 N–H and O–H groups in total. The van der Waals surface area contributed by atoms with E-state index in [0.717, 1.165) is 6.20 Å². The van der Waals surface area contributed by atoms with Crippen molar-refractivity contribution in [3.05, 3.63) is 32.7 Å². The van der Waals surface area contributed by atoms with E-state index in [-0.39, 0.29) is 16.1 Å². The highest BCUT2D eigenvalue weighted by Gasteiger charge is 2.13. The zero-order valence-corrected chi connectivity index (χ0v) is 6.95. The summed E-state index contributed by atoms with van der Waals surface area (Å²) in [6.45, 7) is 1.39. The molecule has 1 rings (SSSR count). The molecule has 0 aliphatic rings. The van der Waals surface area contributed by atoms with Gasteiger partial charge >= 0.3 is 0 Å². The van der Waals surface area contributed by atoms with Crippen LogP contribution in [-0.4, -0.2) is 4.98 Å². The summed E-state index contributed by atoms with van der Waals surface area (Å²) in [7, 11) is 0. The standard InChI is InChI=1S/C7H6ClF2NO/c1-3-4(6(9)10)2-11-7(12)5(3)8/h2,6H,1H3,(H,11,12). The largest absolute Gasteiger partial charge is 0.327 e. The number of aromatic nitrogens is 1. The zero-order valence-electron chi connectivity index (χ0n) is 6.20. The van der Waals surface area contributed by atoms with E-state index in [1.54, 1.807) is 0 Å². The van der Waals surface area contributed by atoms with Crippen LogP contribution in [0.25, 0.3) is 0 Å². The Hall–Kier alpha value is -0.900. The van der Waals surface area contributed by atoms with Gasteiger partial charge < -0.3 is 4.98 Å². The lowest BCUT2D eigenvalue weighted by Crippen LogP contribution is -2.09. The summed E-state index contributed by atoms with van der Waals surface area (Å²) in [5, 5.41) is -0.173. The summed E-state index contributed by atoms with van der Waals surface area (Å²) in [5.41, 5.74) is -0.645. The molecule has 66 valence electrons. The Morgan fingerprint density at radius 2 is 2.17 bits per heavy atom. The van der Waals surface area contributed by atoms with Gasteiger partial charge in [-0.2, -0.15) is 0 Å². The van der Waals surface area contributed by atoms with Crippen LogP contribution < -0.4 is 5.56 Å². The summed E-state index contributed by atoms with van der Waals surface area (Å²) in [6, 6.07) is 0. The highest BCUT2D eigenvalue weighted by atomic mass is 35.5. The summed E-state index contributed by atoms with van der Waals surface area (Å²) in [6.07, 6.45) is -1.63. The van der Waals surface area contributed by atoms with E-state index < -0.39 is 12.0 Å². The van der Waals surface area contributed by atoms with E-state index in [4.69, 9.17) is 11.6 Å². The minimum atomic E-state index is -2.61. The Kier molecular flexibility index (Phi) is 2.47. The van der Waals surface area contributed by atoms with E-state index in [0.29, 0.717) is 0 Å². The third kappa shape index (κ3) is 1.48. The maximum atomic E-state index is 12.2. The average Bonchev–Trinajstić information content (AvgIpc) is 2.00. The van der Waals surface area contributed by atoms with Crippen molar-refractivity contribution in [2.45, 2.75) is 13.3 Å². The van der Waals surface area contributed by atoms with Gasteiger partial charge in [-0.25, -0.2) is 8.78 Å². The van der Waals surface area contributed by atoms with Gasteiger partial charge in [0.1, 0.15) is 5.02 Å². The Labute approximate surface area is 72.2 Å². The van der Waals surface area contributed by atoms with Crippen molar-refractivity contribution in [3.8, 4) is 0 Å². The third-order valence-electron chi connectivity index (χ3n) is 1.56. The maximum absolute atomic E-state index is 12.2. The predicted molar refractivity (Wildman–Crippen MR) is 41.8 cm³/mol. The Bertz CT molecular complexity index is 348. The number of aromatic amines is 1. The van der Waals surface area contributed by atoms with Crippen LogP contribution in [-0.2, 0) is 0 Å². The monoisotopic (exact) mass is 193 g/mol. The quantitative estimate of drug-likeness (QED) is 0.729. The molecule has 2 nitrogen and oxygen atoms in total. The SMILES string of the molecule is Cc1c(C(F)F)c[nH]c(=O)c1Cl. The number of hydrogen-bond donors (Lipinski definition) is 1. The van der Waals surface area contributed by atoms with Gasteiger partial charge in [-0.15, -0.1) is 0 Å². The second kappa shape index (κ2) is 3.23. The van der Waals surface area contributed by atoms with Crippen molar-refractivity contribution in [3.63, 3.8) is 0 Å². The van der Waals surface area contributed by atoms with E-state index in [1.165, 1.54) is 6.92 Å². The molecule has 0 aromatic carbocycles. The smallest absolute Gasteiger partial charge is 0.266 e. The number of H-pyrrole nitrogens is 1. The van der Waals surface area contributed by atoms with Crippen LogP contribution in [0.15, 0.2) is 11.0 Å². The van der Waals surface area contributed by atoms with E-state index in [9.17, 15) is 13.6 Å². The molecule has 0 bridgehead atoms. The Balaban J connectivity index is 3.36. The minimum absolute atomic E-state index is 0.135. The molecule has 0 fully saturated rings. The number of pyridine rings is 1. The molecule has 12 heavy (non-hydrogen) atoms. The van der Waals surface area contributed by atoms with Gasteiger partial charge in [0, 0.05) is 11.8 Å². The molecule has 0 saturated heterocycles. The van der Waals surface area contributed by atoms with Crippen LogP contribution in [0.5, 0.6) is 0 Å². The summed E-state index contributed by atoms with van der Waals surface area (Å²) < 4.78 is 24.3. The lowest BCUT2D eigenvalue weighted by atomic mass is 10.2. The van der Waals surface area contributed by atoms with Gasteiger partial charge in [0.2, 0.25) is 0 Å². The lowest BCUT2D eigenvalue weighted by Gasteiger charge is -2.03. The number of alkyl halides is 2. The van der Waals surface area contributed by atoms with Crippen molar-refractivity contribution >= 4 is 11.6 Å². The fourth-order valence-electron chi connectivity index (χ4n) is 0.839. The highest BCUT2D eigenvalue weighted by Crippen LogP contribution is 2.23. The maximum Gasteiger partial charge on any atom is 0.266 e. The molecule has 5 heteroatoms. The number of rotatable bonds is 1. The first kappa shape index (κ1) is 9.19. The first-order valence-electron chi connectivity index (χ1n) is 3.20. The second-order valence-electron chi connectivity index (χ2n) is 2.31. The molecule has 0 amide bonds. The van der Waals surface area contributed by atoms with Crippen LogP contribution in [0.1, 0.15) is 17.6 Å². The fraction of sp³-hybridized carbons (Fsp3) is 0.286. The second-order valence-corrected chi connectivity index (χ2v) is 2.69. The van der Waals surface area contributed by atoms with Gasteiger partial charge in [0.25, 0.3) is 12.0 Å². The molecule has 0 aliphatic carbocycles. The Morgan fingerprint density at radius 1 is 1.58 bits per heavy atom. The summed E-state index contributed by atoms with van der Waals surface area (Å²) in [5.74, 6) is 0. The predicted octanol–water partition coefficient (Wildman–Crippen LogP) is 2.27. The molecule has 0 atom stereocenters. The van der Waals surface area contributed by atoms with Crippen LogP contribution in [0, 0.1) is 6.92 Å². The molecular weight excluding hydrogens is 188 g/mol. The lowest BCUT2D eigenvalue weighted by molar-refractivity contribution is 0.150. The van der Waals surface area contributed by atoms with Crippen LogP contribution >= 0.6 is 11.6 Å². The van der Waals surface area contributed by atoms with E-state index in [1.807, 2.05) is 0 Å². The highest BCUT2D eigenvalue weighted by molar-refractivity contribution is 6.31. The van der Waals surface area contributed by atoms with Crippen molar-refractivity contribution in [1.82, 2.24) is 4.98 Å². The van der Waals surface area contributed by atoms with E-state index in [2.05, 4.69) is 4.98 Å². The fourth-order valence-corrected chi connectivity index (χ4v) is 1.00. The van der Waals surface area contributed by atoms with Crippen LogP contribution in [0.2, 0.25) is 5.02 Å². The molecule has 0 spiro atoms. The van der Waals surface area contributed by atoms with Crippen molar-refractivity contribution in [1.29, 1.82) is 0 Å². The molecular formula is C7H6ClF2NO. The van der Waals surface area contributed by atoms with Gasteiger partial charge in [-0.1, -0.05) is 11.6 Å². The van der Waals surface area contributed by atoms with Crippen molar-refractivity contribution in [2.75, 3.05) is 0 Å². The zero-order chi connectivity index (χ0) is 9.30. The number of halogens is 3.